The number of morpholine rings is 1. The SMILES string of the molecule is CC(C)CNCC1CCC(CN2C[C@@H](C)O[C@@H](C)C2)O1. The summed E-state index contributed by atoms with van der Waals surface area (Å²) in [6, 6.07) is 0. The molecule has 0 aromatic carbocycles. The summed E-state index contributed by atoms with van der Waals surface area (Å²) >= 11 is 0. The Kier molecular flexibility index (Phi) is 6.27. The molecule has 0 spiro atoms. The fraction of sp³-hybridized carbons (Fsp3) is 1.00. The maximum Gasteiger partial charge on any atom is 0.0707 e. The van der Waals surface area contributed by atoms with Crippen LogP contribution >= 0.6 is 0 Å². The van der Waals surface area contributed by atoms with Crippen LogP contribution < -0.4 is 5.32 Å². The zero-order valence-corrected chi connectivity index (χ0v) is 13.6. The Bertz CT molecular complexity index is 276. The van der Waals surface area contributed by atoms with Crippen LogP contribution in [0.2, 0.25) is 0 Å². The first-order chi connectivity index (χ1) is 9.52. The fourth-order valence-corrected chi connectivity index (χ4v) is 3.32. The first-order valence-corrected chi connectivity index (χ1v) is 8.27. The molecule has 0 amide bonds. The molecule has 0 aromatic heterocycles. The molecular formula is C16H32N2O2. The highest BCUT2D eigenvalue weighted by atomic mass is 16.5. The second-order valence-electron chi connectivity index (χ2n) is 6.99. The van der Waals surface area contributed by atoms with Crippen LogP contribution in [0.15, 0.2) is 0 Å². The van der Waals surface area contributed by atoms with Gasteiger partial charge in [-0.05, 0) is 39.2 Å². The maximum absolute atomic E-state index is 6.17. The molecule has 2 aliphatic rings. The Labute approximate surface area is 124 Å². The van der Waals surface area contributed by atoms with Crippen molar-refractivity contribution in [3.8, 4) is 0 Å². The molecule has 0 radical (unpaired) electrons. The first-order valence-electron chi connectivity index (χ1n) is 8.27. The maximum atomic E-state index is 6.17. The molecule has 4 atom stereocenters. The topological polar surface area (TPSA) is 33.7 Å². The third-order valence-electron chi connectivity index (χ3n) is 4.08. The minimum absolute atomic E-state index is 0.351. The smallest absolute Gasteiger partial charge is 0.0707 e. The Morgan fingerprint density at radius 3 is 2.35 bits per heavy atom. The number of nitrogens with one attached hydrogen (secondary N) is 1. The van der Waals surface area contributed by atoms with Crippen LogP contribution in [0.3, 0.4) is 0 Å². The average Bonchev–Trinajstić information content (AvgIpc) is 2.74. The molecule has 2 unspecified atom stereocenters. The number of ether oxygens (including phenoxy) is 2. The number of rotatable bonds is 6. The third kappa shape index (κ3) is 5.32. The van der Waals surface area contributed by atoms with Crippen molar-refractivity contribution in [2.45, 2.75) is 65.0 Å². The van der Waals surface area contributed by atoms with E-state index >= 15 is 0 Å². The van der Waals surface area contributed by atoms with Crippen LogP contribution in [0.5, 0.6) is 0 Å². The summed E-state index contributed by atoms with van der Waals surface area (Å²) in [6.07, 6.45) is 3.93. The van der Waals surface area contributed by atoms with E-state index < -0.39 is 0 Å². The predicted molar refractivity (Wildman–Crippen MR) is 82.1 cm³/mol. The van der Waals surface area contributed by atoms with Gasteiger partial charge >= 0.3 is 0 Å². The van der Waals surface area contributed by atoms with E-state index in [0.29, 0.717) is 30.3 Å². The second kappa shape index (κ2) is 7.74. The molecule has 4 nitrogen and oxygen atoms in total. The minimum Gasteiger partial charge on any atom is -0.373 e. The van der Waals surface area contributed by atoms with Crippen molar-refractivity contribution in [3.63, 3.8) is 0 Å². The lowest BCUT2D eigenvalue weighted by atomic mass is 10.1. The lowest BCUT2D eigenvalue weighted by Crippen LogP contribution is -2.48. The largest absolute Gasteiger partial charge is 0.373 e. The monoisotopic (exact) mass is 284 g/mol. The molecule has 2 saturated heterocycles. The van der Waals surface area contributed by atoms with Crippen molar-refractivity contribution in [2.24, 2.45) is 5.92 Å². The summed E-state index contributed by atoms with van der Waals surface area (Å²) in [5, 5.41) is 3.51. The highest BCUT2D eigenvalue weighted by Crippen LogP contribution is 2.21. The van der Waals surface area contributed by atoms with Gasteiger partial charge in [-0.3, -0.25) is 4.90 Å². The molecule has 2 rings (SSSR count). The van der Waals surface area contributed by atoms with E-state index in [4.69, 9.17) is 9.47 Å². The summed E-state index contributed by atoms with van der Waals surface area (Å²) in [6.45, 7) is 14.1. The molecule has 0 saturated carbocycles. The van der Waals surface area contributed by atoms with Gasteiger partial charge in [0.2, 0.25) is 0 Å². The lowest BCUT2D eigenvalue weighted by molar-refractivity contribution is -0.0811. The molecular weight excluding hydrogens is 252 g/mol. The first kappa shape index (κ1) is 16.2. The summed E-state index contributed by atoms with van der Waals surface area (Å²) in [5.74, 6) is 0.712. The lowest BCUT2D eigenvalue weighted by Gasteiger charge is -2.36. The Balaban J connectivity index is 1.65. The van der Waals surface area contributed by atoms with Gasteiger partial charge in [-0.25, -0.2) is 0 Å². The Hall–Kier alpha value is -0.160. The van der Waals surface area contributed by atoms with E-state index in [-0.39, 0.29) is 0 Å². The molecule has 0 aliphatic carbocycles. The van der Waals surface area contributed by atoms with Crippen molar-refractivity contribution in [1.29, 1.82) is 0 Å². The van der Waals surface area contributed by atoms with Crippen LogP contribution in [-0.4, -0.2) is 62.0 Å². The van der Waals surface area contributed by atoms with Gasteiger partial charge in [-0.2, -0.15) is 0 Å². The second-order valence-corrected chi connectivity index (χ2v) is 6.99. The normalized spacial score (nSPS) is 35.9. The van der Waals surface area contributed by atoms with E-state index in [2.05, 4.69) is 37.9 Å². The summed E-state index contributed by atoms with van der Waals surface area (Å²) in [5.41, 5.74) is 0. The number of hydrogen-bond donors (Lipinski definition) is 1. The summed E-state index contributed by atoms with van der Waals surface area (Å²) in [4.78, 5) is 2.51. The van der Waals surface area contributed by atoms with Crippen molar-refractivity contribution in [1.82, 2.24) is 10.2 Å². The zero-order valence-electron chi connectivity index (χ0n) is 13.6. The van der Waals surface area contributed by atoms with Gasteiger partial charge in [0, 0.05) is 26.2 Å². The average molecular weight is 284 g/mol. The van der Waals surface area contributed by atoms with E-state index in [0.717, 1.165) is 32.7 Å². The van der Waals surface area contributed by atoms with E-state index in [1.165, 1.54) is 12.8 Å². The highest BCUT2D eigenvalue weighted by Gasteiger charge is 2.29. The fourth-order valence-electron chi connectivity index (χ4n) is 3.32. The molecule has 2 heterocycles. The Morgan fingerprint density at radius 2 is 1.70 bits per heavy atom. The zero-order chi connectivity index (χ0) is 14.5. The third-order valence-corrected chi connectivity index (χ3v) is 4.08. The van der Waals surface area contributed by atoms with Crippen LogP contribution in [0, 0.1) is 5.92 Å². The number of hydrogen-bond acceptors (Lipinski definition) is 4. The number of nitrogens with zero attached hydrogens (tertiary/aromatic N) is 1. The standard InChI is InChI=1S/C16H32N2O2/c1-12(2)7-17-8-15-5-6-16(20-15)11-18-9-13(3)19-14(4)10-18/h12-17H,5-11H2,1-4H3/t13-,14+,15?,16?. The minimum atomic E-state index is 0.351. The van der Waals surface area contributed by atoms with Crippen molar-refractivity contribution in [3.05, 3.63) is 0 Å². The van der Waals surface area contributed by atoms with Gasteiger partial charge in [0.25, 0.3) is 0 Å². The Morgan fingerprint density at radius 1 is 1.05 bits per heavy atom. The van der Waals surface area contributed by atoms with Gasteiger partial charge in [-0.15, -0.1) is 0 Å². The van der Waals surface area contributed by atoms with Gasteiger partial charge in [-0.1, -0.05) is 13.8 Å². The highest BCUT2D eigenvalue weighted by molar-refractivity contribution is 4.81. The summed E-state index contributed by atoms with van der Waals surface area (Å²) < 4.78 is 12.0. The van der Waals surface area contributed by atoms with Crippen molar-refractivity contribution in [2.75, 3.05) is 32.7 Å². The molecule has 4 heteroatoms. The van der Waals surface area contributed by atoms with Crippen LogP contribution in [0.25, 0.3) is 0 Å². The van der Waals surface area contributed by atoms with Crippen molar-refractivity contribution < 1.29 is 9.47 Å². The summed E-state index contributed by atoms with van der Waals surface area (Å²) in [7, 11) is 0. The predicted octanol–water partition coefficient (Wildman–Crippen LogP) is 1.89. The van der Waals surface area contributed by atoms with Crippen LogP contribution in [0.1, 0.15) is 40.5 Å². The van der Waals surface area contributed by atoms with Gasteiger partial charge in [0.1, 0.15) is 0 Å². The van der Waals surface area contributed by atoms with Crippen LogP contribution in [-0.2, 0) is 9.47 Å². The van der Waals surface area contributed by atoms with Crippen molar-refractivity contribution >= 4 is 0 Å². The molecule has 1 N–H and O–H groups in total. The molecule has 2 fully saturated rings. The molecule has 2 aliphatic heterocycles. The van der Waals surface area contributed by atoms with Gasteiger partial charge in [0.15, 0.2) is 0 Å². The van der Waals surface area contributed by atoms with E-state index in [1.54, 1.807) is 0 Å². The van der Waals surface area contributed by atoms with Gasteiger partial charge < -0.3 is 14.8 Å². The van der Waals surface area contributed by atoms with Gasteiger partial charge in [0.05, 0.1) is 24.4 Å². The van der Waals surface area contributed by atoms with E-state index in [1.807, 2.05) is 0 Å². The quantitative estimate of drug-likeness (QED) is 0.807. The molecule has 20 heavy (non-hydrogen) atoms. The van der Waals surface area contributed by atoms with Crippen LogP contribution in [0.4, 0.5) is 0 Å². The van der Waals surface area contributed by atoms with E-state index in [9.17, 15) is 0 Å². The molecule has 118 valence electrons. The molecule has 0 aromatic rings. The molecule has 0 bridgehead atoms.